The lowest BCUT2D eigenvalue weighted by Crippen LogP contribution is -1.90. The first-order valence-corrected chi connectivity index (χ1v) is 12.5. The Morgan fingerprint density at radius 1 is 0.439 bits per heavy atom. The summed E-state index contributed by atoms with van der Waals surface area (Å²) in [5.41, 5.74) is 10.5. The molecule has 4 rings (SSSR count). The van der Waals surface area contributed by atoms with Crippen LogP contribution in [0, 0.1) is 27.7 Å². The summed E-state index contributed by atoms with van der Waals surface area (Å²) in [7, 11) is 0. The van der Waals surface area contributed by atoms with Crippen LogP contribution in [0.25, 0.3) is 11.1 Å². The highest BCUT2D eigenvalue weighted by Crippen LogP contribution is 2.29. The van der Waals surface area contributed by atoms with Crippen molar-refractivity contribution in [3.05, 3.63) is 106 Å². The number of aryl methyl sites for hydroxylation is 4. The highest BCUT2D eigenvalue weighted by molar-refractivity contribution is 5.71. The molecule has 0 aliphatic carbocycles. The van der Waals surface area contributed by atoms with Crippen molar-refractivity contribution in [1.29, 1.82) is 0 Å². The fraction of sp³-hybridized carbons (Fsp3) is 0.152. The average Bonchev–Trinajstić information content (AvgIpc) is 2.95. The van der Waals surface area contributed by atoms with Gasteiger partial charge in [0.2, 0.25) is 24.3 Å². The van der Waals surface area contributed by atoms with E-state index in [1.54, 1.807) is 36.5 Å². The van der Waals surface area contributed by atoms with Crippen LogP contribution in [0.3, 0.4) is 0 Å². The lowest BCUT2D eigenvalue weighted by Gasteiger charge is -2.07. The van der Waals surface area contributed by atoms with E-state index < -0.39 is 0 Å². The van der Waals surface area contributed by atoms with Crippen molar-refractivity contribution >= 4 is 47.1 Å². The van der Waals surface area contributed by atoms with Crippen LogP contribution in [0.1, 0.15) is 33.4 Å². The second-order valence-electron chi connectivity index (χ2n) is 9.23. The summed E-state index contributed by atoms with van der Waals surface area (Å²) < 4.78 is 0. The third-order valence-corrected chi connectivity index (χ3v) is 6.32. The van der Waals surface area contributed by atoms with E-state index in [1.165, 1.54) is 0 Å². The Hall–Kier alpha value is -5.60. The summed E-state index contributed by atoms with van der Waals surface area (Å²) >= 11 is 0. The minimum atomic E-state index is 0.614. The van der Waals surface area contributed by atoms with E-state index in [4.69, 9.17) is 0 Å². The van der Waals surface area contributed by atoms with E-state index in [0.717, 1.165) is 50.9 Å². The van der Waals surface area contributed by atoms with Crippen molar-refractivity contribution in [2.45, 2.75) is 34.1 Å². The van der Waals surface area contributed by atoms with Gasteiger partial charge < -0.3 is 0 Å². The number of carbonyl (C=O) groups excluding carboxylic acids is 4. The third-order valence-electron chi connectivity index (χ3n) is 6.32. The van der Waals surface area contributed by atoms with Gasteiger partial charge in [-0.15, -0.1) is 0 Å². The molecule has 4 aromatic rings. The largest absolute Gasteiger partial charge is 0.240 e. The highest BCUT2D eigenvalue weighted by atomic mass is 16.1. The molecule has 0 atom stereocenters. The summed E-state index contributed by atoms with van der Waals surface area (Å²) in [6.07, 6.45) is 6.95. The van der Waals surface area contributed by atoms with Crippen LogP contribution in [0.2, 0.25) is 0 Å². The quantitative estimate of drug-likeness (QED) is 0.175. The maximum Gasteiger partial charge on any atom is 0.240 e. The number of hydrogen-bond donors (Lipinski definition) is 0. The summed E-state index contributed by atoms with van der Waals surface area (Å²) in [6, 6.07) is 22.8. The zero-order valence-electron chi connectivity index (χ0n) is 23.1. The van der Waals surface area contributed by atoms with Gasteiger partial charge in [-0.1, -0.05) is 36.4 Å². The minimum absolute atomic E-state index is 0.614. The summed E-state index contributed by atoms with van der Waals surface area (Å²) in [6.45, 7) is 7.59. The van der Waals surface area contributed by atoms with Crippen LogP contribution in [-0.2, 0) is 25.6 Å². The molecule has 0 unspecified atom stereocenters. The van der Waals surface area contributed by atoms with Gasteiger partial charge in [-0.25, -0.2) is 19.2 Å². The van der Waals surface area contributed by atoms with E-state index >= 15 is 0 Å². The van der Waals surface area contributed by atoms with Crippen molar-refractivity contribution in [3.8, 4) is 11.1 Å². The van der Waals surface area contributed by atoms with Crippen LogP contribution in [0.4, 0.5) is 22.7 Å². The molecule has 0 amide bonds. The molecule has 202 valence electrons. The molecule has 0 N–H and O–H groups in total. The lowest BCUT2D eigenvalue weighted by molar-refractivity contribution is 0.564. The Labute approximate surface area is 237 Å². The van der Waals surface area contributed by atoms with Gasteiger partial charge in [0.15, 0.2) is 0 Å². The van der Waals surface area contributed by atoms with E-state index in [0.29, 0.717) is 22.7 Å². The minimum Gasteiger partial charge on any atom is -0.211 e. The summed E-state index contributed by atoms with van der Waals surface area (Å²) in [5, 5.41) is 0. The van der Waals surface area contributed by atoms with Gasteiger partial charge in [-0.3, -0.25) is 0 Å². The monoisotopic (exact) mass is 542 g/mol. The summed E-state index contributed by atoms with van der Waals surface area (Å²) in [4.78, 5) is 55.7. The van der Waals surface area contributed by atoms with Gasteiger partial charge in [-0.05, 0) is 115 Å². The van der Waals surface area contributed by atoms with E-state index in [2.05, 4.69) is 20.0 Å². The van der Waals surface area contributed by atoms with Crippen molar-refractivity contribution in [1.82, 2.24) is 0 Å². The number of benzene rings is 4. The normalized spacial score (nSPS) is 9.56. The van der Waals surface area contributed by atoms with E-state index in [-0.39, 0.29) is 0 Å². The standard InChI is InChI=1S/C17H14N2O2.C16H12N2O2/c1-12-7-14(3-5-16(12)18-10-20)9-15-4-6-17(19-11-21)13(2)8-15;1-11-7-13(3-5-15(11)17-9-19)14-4-6-16(18-10-20)12(2)8-14/h3-8H,9H2,1-2H3;3-8H,1-2H3. The van der Waals surface area contributed by atoms with Crippen LogP contribution >= 0.6 is 0 Å². The molecular weight excluding hydrogens is 516 g/mol. The van der Waals surface area contributed by atoms with E-state index in [9.17, 15) is 19.2 Å². The van der Waals surface area contributed by atoms with Gasteiger partial charge >= 0.3 is 0 Å². The third kappa shape index (κ3) is 8.19. The number of aliphatic imine (C=N–C) groups is 4. The molecular formula is C33H26N4O4. The Kier molecular flexibility index (Phi) is 10.6. The maximum atomic E-state index is 10.3. The van der Waals surface area contributed by atoms with Gasteiger partial charge in [0.05, 0.1) is 22.7 Å². The van der Waals surface area contributed by atoms with Crippen LogP contribution < -0.4 is 0 Å². The van der Waals surface area contributed by atoms with Gasteiger partial charge in [-0.2, -0.15) is 20.0 Å². The average molecular weight is 543 g/mol. The molecule has 41 heavy (non-hydrogen) atoms. The van der Waals surface area contributed by atoms with Gasteiger partial charge in [0.1, 0.15) is 0 Å². The molecule has 8 nitrogen and oxygen atoms in total. The van der Waals surface area contributed by atoms with Crippen molar-refractivity contribution in [3.63, 3.8) is 0 Å². The predicted molar refractivity (Wildman–Crippen MR) is 158 cm³/mol. The molecule has 0 saturated heterocycles. The zero-order valence-corrected chi connectivity index (χ0v) is 23.1. The number of isocyanates is 4. The molecule has 0 radical (unpaired) electrons. The maximum absolute atomic E-state index is 10.3. The molecule has 0 aliphatic heterocycles. The lowest BCUT2D eigenvalue weighted by atomic mass is 10.00. The van der Waals surface area contributed by atoms with Crippen LogP contribution in [0.5, 0.6) is 0 Å². The molecule has 0 fully saturated rings. The second kappa shape index (κ2) is 14.5. The second-order valence-corrected chi connectivity index (χ2v) is 9.23. The smallest absolute Gasteiger partial charge is 0.211 e. The fourth-order valence-electron chi connectivity index (χ4n) is 4.26. The Morgan fingerprint density at radius 2 is 0.732 bits per heavy atom. The van der Waals surface area contributed by atoms with Gasteiger partial charge in [0.25, 0.3) is 0 Å². The molecule has 0 bridgehead atoms. The van der Waals surface area contributed by atoms with Crippen LogP contribution in [0.15, 0.2) is 92.8 Å². The SMILES string of the molecule is Cc1cc(-c2ccc(N=C=O)c(C)c2)ccc1N=C=O.Cc1cc(Cc2ccc(N=C=O)c(C)c2)ccc1N=C=O. The molecule has 4 aromatic carbocycles. The Balaban J connectivity index is 0.000000226. The molecule has 0 saturated carbocycles. The molecule has 0 aliphatic rings. The first-order valence-electron chi connectivity index (χ1n) is 12.5. The molecule has 0 aromatic heterocycles. The zero-order chi connectivity index (χ0) is 29.8. The predicted octanol–water partition coefficient (Wildman–Crippen LogP) is 7.73. The Morgan fingerprint density at radius 3 is 1.00 bits per heavy atom. The number of nitrogens with zero attached hydrogens (tertiary/aromatic N) is 4. The number of hydrogen-bond acceptors (Lipinski definition) is 8. The summed E-state index contributed by atoms with van der Waals surface area (Å²) in [5.74, 6) is 0. The molecule has 8 heteroatoms. The van der Waals surface area contributed by atoms with Crippen LogP contribution in [-0.4, -0.2) is 24.3 Å². The topological polar surface area (TPSA) is 118 Å². The van der Waals surface area contributed by atoms with Crippen molar-refractivity contribution in [2.75, 3.05) is 0 Å². The van der Waals surface area contributed by atoms with E-state index in [1.807, 2.05) is 88.4 Å². The van der Waals surface area contributed by atoms with Gasteiger partial charge in [0, 0.05) is 0 Å². The molecule has 0 spiro atoms. The number of rotatable bonds is 7. The first-order chi connectivity index (χ1) is 19.8. The molecule has 0 heterocycles. The van der Waals surface area contributed by atoms with Crippen molar-refractivity contribution in [2.24, 2.45) is 20.0 Å². The fourth-order valence-corrected chi connectivity index (χ4v) is 4.26. The Bertz CT molecular complexity index is 1650. The highest BCUT2D eigenvalue weighted by Gasteiger charge is 2.05. The van der Waals surface area contributed by atoms with Crippen molar-refractivity contribution < 1.29 is 19.2 Å². The first kappa shape index (κ1) is 29.9.